The Morgan fingerprint density at radius 3 is 2.79 bits per heavy atom. The second kappa shape index (κ2) is 8.97. The van der Waals surface area contributed by atoms with Crippen molar-refractivity contribution >= 4 is 28.3 Å². The number of unbranched alkanes of at least 4 members (excludes halogenated alkanes) is 2. The van der Waals surface area contributed by atoms with E-state index in [0.29, 0.717) is 16.4 Å². The van der Waals surface area contributed by atoms with Gasteiger partial charge in [0.2, 0.25) is 5.13 Å². The van der Waals surface area contributed by atoms with Gasteiger partial charge >= 0.3 is 0 Å². The first-order chi connectivity index (χ1) is 11.6. The van der Waals surface area contributed by atoms with Crippen molar-refractivity contribution in [3.05, 3.63) is 34.8 Å². The monoisotopic (exact) mass is 348 g/mol. The lowest BCUT2D eigenvalue weighted by Gasteiger charge is -2.09. The van der Waals surface area contributed by atoms with E-state index in [4.69, 9.17) is 10.5 Å². The molecule has 0 unspecified atom stereocenters. The molecule has 0 fully saturated rings. The maximum atomic E-state index is 12.4. The third-order valence-corrected chi connectivity index (χ3v) is 4.08. The van der Waals surface area contributed by atoms with Crippen LogP contribution < -0.4 is 15.8 Å². The molecule has 8 heteroatoms. The smallest absolute Gasteiger partial charge is 0.261 e. The summed E-state index contributed by atoms with van der Waals surface area (Å²) in [6, 6.07) is 6.63. The first kappa shape index (κ1) is 17.9. The van der Waals surface area contributed by atoms with Gasteiger partial charge in [0.1, 0.15) is 10.8 Å². The Labute approximate surface area is 144 Å². The number of nitrogens with one attached hydrogen (secondary N) is 1. The van der Waals surface area contributed by atoms with Gasteiger partial charge in [0.15, 0.2) is 6.61 Å². The second-order valence-corrected chi connectivity index (χ2v) is 6.23. The number of aryl methyl sites for hydroxylation is 1. The number of nitrogens with two attached hydrogens (primary N) is 1. The van der Waals surface area contributed by atoms with E-state index in [1.54, 1.807) is 24.3 Å². The number of para-hydroxylation sites is 1. The minimum absolute atomic E-state index is 0.287. The molecule has 0 bridgehead atoms. The summed E-state index contributed by atoms with van der Waals surface area (Å²) in [4.78, 5) is 23.2. The van der Waals surface area contributed by atoms with Crippen LogP contribution in [-0.2, 0) is 11.2 Å². The fraction of sp³-hybridized carbons (Fsp3) is 0.375. The highest BCUT2D eigenvalue weighted by molar-refractivity contribution is 7.15. The van der Waals surface area contributed by atoms with Gasteiger partial charge in [-0.1, -0.05) is 43.2 Å². The zero-order chi connectivity index (χ0) is 17.4. The summed E-state index contributed by atoms with van der Waals surface area (Å²) in [6.45, 7) is 1.86. The van der Waals surface area contributed by atoms with Gasteiger partial charge in [-0.3, -0.25) is 14.9 Å². The molecule has 2 amide bonds. The SMILES string of the molecule is CCCCCc1nnc(NC(=O)c2ccccc2OCC(N)=O)s1. The van der Waals surface area contributed by atoms with Crippen LogP contribution in [0.5, 0.6) is 5.75 Å². The van der Waals surface area contributed by atoms with Gasteiger partial charge in [0, 0.05) is 6.42 Å². The van der Waals surface area contributed by atoms with Crippen LogP contribution in [0.25, 0.3) is 0 Å². The van der Waals surface area contributed by atoms with Gasteiger partial charge < -0.3 is 10.5 Å². The summed E-state index contributed by atoms with van der Waals surface area (Å²) in [5.74, 6) is -0.682. The lowest BCUT2D eigenvalue weighted by atomic mass is 10.2. The van der Waals surface area contributed by atoms with Gasteiger partial charge in [-0.15, -0.1) is 10.2 Å². The molecule has 0 aliphatic carbocycles. The van der Waals surface area contributed by atoms with Crippen molar-refractivity contribution < 1.29 is 14.3 Å². The highest BCUT2D eigenvalue weighted by Gasteiger charge is 2.15. The number of carbonyl (C=O) groups is 2. The fourth-order valence-corrected chi connectivity index (χ4v) is 2.80. The van der Waals surface area contributed by atoms with E-state index >= 15 is 0 Å². The Hall–Kier alpha value is -2.48. The molecule has 0 saturated heterocycles. The van der Waals surface area contributed by atoms with Crippen LogP contribution in [0.4, 0.5) is 5.13 Å². The van der Waals surface area contributed by atoms with Crippen molar-refractivity contribution in [3.63, 3.8) is 0 Å². The maximum absolute atomic E-state index is 12.4. The summed E-state index contributed by atoms with van der Waals surface area (Å²) in [7, 11) is 0. The van der Waals surface area contributed by atoms with Crippen molar-refractivity contribution in [2.75, 3.05) is 11.9 Å². The number of aromatic nitrogens is 2. The van der Waals surface area contributed by atoms with Gasteiger partial charge in [0.25, 0.3) is 11.8 Å². The molecule has 3 N–H and O–H groups in total. The molecule has 0 aliphatic rings. The molecule has 0 spiro atoms. The lowest BCUT2D eigenvalue weighted by molar-refractivity contribution is -0.119. The minimum atomic E-state index is -0.606. The number of ether oxygens (including phenoxy) is 1. The highest BCUT2D eigenvalue weighted by atomic mass is 32.1. The second-order valence-electron chi connectivity index (χ2n) is 5.16. The molecule has 1 aromatic heterocycles. The van der Waals surface area contributed by atoms with Crippen molar-refractivity contribution in [2.45, 2.75) is 32.6 Å². The fourth-order valence-electron chi connectivity index (χ4n) is 2.02. The summed E-state index contributed by atoms with van der Waals surface area (Å²) in [5.41, 5.74) is 5.37. The van der Waals surface area contributed by atoms with E-state index in [1.165, 1.54) is 11.3 Å². The van der Waals surface area contributed by atoms with E-state index in [1.807, 2.05) is 0 Å². The van der Waals surface area contributed by atoms with Crippen LogP contribution in [0.15, 0.2) is 24.3 Å². The molecule has 1 aromatic carbocycles. The number of anilines is 1. The van der Waals surface area contributed by atoms with E-state index in [2.05, 4.69) is 22.4 Å². The molecular formula is C16H20N4O3S. The van der Waals surface area contributed by atoms with E-state index in [9.17, 15) is 9.59 Å². The molecule has 0 atom stereocenters. The molecule has 2 aromatic rings. The molecular weight excluding hydrogens is 328 g/mol. The normalized spacial score (nSPS) is 10.4. The molecule has 0 aliphatic heterocycles. The molecule has 1 heterocycles. The van der Waals surface area contributed by atoms with Gasteiger partial charge in [-0.25, -0.2) is 0 Å². The van der Waals surface area contributed by atoms with Crippen LogP contribution in [0.3, 0.4) is 0 Å². The van der Waals surface area contributed by atoms with Crippen molar-refractivity contribution in [2.24, 2.45) is 5.73 Å². The standard InChI is InChI=1S/C16H20N4O3S/c1-2-3-4-9-14-19-20-16(24-14)18-15(22)11-7-5-6-8-12(11)23-10-13(17)21/h5-8H,2-4,9-10H2,1H3,(H2,17,21)(H,18,20,22). The van der Waals surface area contributed by atoms with Crippen LogP contribution in [-0.4, -0.2) is 28.6 Å². The first-order valence-electron chi connectivity index (χ1n) is 7.74. The topological polar surface area (TPSA) is 107 Å². The maximum Gasteiger partial charge on any atom is 0.261 e. The number of rotatable bonds is 9. The molecule has 128 valence electrons. The number of benzene rings is 1. The predicted molar refractivity (Wildman–Crippen MR) is 92.2 cm³/mol. The first-order valence-corrected chi connectivity index (χ1v) is 8.55. The average Bonchev–Trinajstić information content (AvgIpc) is 3.00. The summed E-state index contributed by atoms with van der Waals surface area (Å²) in [6.07, 6.45) is 4.21. The van der Waals surface area contributed by atoms with Crippen LogP contribution in [0.2, 0.25) is 0 Å². The highest BCUT2D eigenvalue weighted by Crippen LogP contribution is 2.22. The van der Waals surface area contributed by atoms with E-state index in [0.717, 1.165) is 30.7 Å². The quantitative estimate of drug-likeness (QED) is 0.677. The Morgan fingerprint density at radius 1 is 1.25 bits per heavy atom. The van der Waals surface area contributed by atoms with Crippen molar-refractivity contribution in [3.8, 4) is 5.75 Å². The number of nitrogens with zero attached hydrogens (tertiary/aromatic N) is 2. The van der Waals surface area contributed by atoms with Crippen LogP contribution in [0, 0.1) is 0 Å². The summed E-state index contributed by atoms with van der Waals surface area (Å²) in [5, 5.41) is 12.1. The summed E-state index contributed by atoms with van der Waals surface area (Å²) >= 11 is 1.36. The van der Waals surface area contributed by atoms with Crippen molar-refractivity contribution in [1.82, 2.24) is 10.2 Å². The van der Waals surface area contributed by atoms with E-state index < -0.39 is 5.91 Å². The van der Waals surface area contributed by atoms with Crippen molar-refractivity contribution in [1.29, 1.82) is 0 Å². The molecule has 2 rings (SSSR count). The zero-order valence-corrected chi connectivity index (χ0v) is 14.3. The molecule has 24 heavy (non-hydrogen) atoms. The molecule has 7 nitrogen and oxygen atoms in total. The van der Waals surface area contributed by atoms with Gasteiger partial charge in [-0.05, 0) is 18.6 Å². The third kappa shape index (κ3) is 5.31. The van der Waals surface area contributed by atoms with Gasteiger partial charge in [0.05, 0.1) is 5.56 Å². The van der Waals surface area contributed by atoms with E-state index in [-0.39, 0.29) is 12.5 Å². The minimum Gasteiger partial charge on any atom is -0.483 e. The zero-order valence-electron chi connectivity index (χ0n) is 13.4. The Balaban J connectivity index is 2.00. The number of hydrogen-bond donors (Lipinski definition) is 2. The Morgan fingerprint density at radius 2 is 2.04 bits per heavy atom. The summed E-state index contributed by atoms with van der Waals surface area (Å²) < 4.78 is 5.26. The number of primary amides is 1. The molecule has 0 radical (unpaired) electrons. The van der Waals surface area contributed by atoms with Crippen LogP contribution >= 0.6 is 11.3 Å². The average molecular weight is 348 g/mol. The predicted octanol–water partition coefficient (Wildman–Crippen LogP) is 2.39. The molecule has 0 saturated carbocycles. The number of carbonyl (C=O) groups excluding carboxylic acids is 2. The third-order valence-electron chi connectivity index (χ3n) is 3.18. The Bertz CT molecular complexity index is 702. The Kier molecular flexibility index (Phi) is 6.68. The lowest BCUT2D eigenvalue weighted by Crippen LogP contribution is -2.21. The number of hydrogen-bond acceptors (Lipinski definition) is 6. The largest absolute Gasteiger partial charge is 0.483 e. The van der Waals surface area contributed by atoms with Crippen LogP contribution in [0.1, 0.15) is 41.6 Å². The number of amides is 2. The van der Waals surface area contributed by atoms with Gasteiger partial charge in [-0.2, -0.15) is 0 Å².